The highest BCUT2D eigenvalue weighted by molar-refractivity contribution is 6.31. The van der Waals surface area contributed by atoms with Gasteiger partial charge in [-0.3, -0.25) is 9.59 Å². The average molecular weight is 431 g/mol. The maximum Gasteiger partial charge on any atom is 0.261 e. The van der Waals surface area contributed by atoms with Crippen LogP contribution in [0.5, 0.6) is 5.75 Å². The van der Waals surface area contributed by atoms with E-state index in [1.54, 1.807) is 13.0 Å². The van der Waals surface area contributed by atoms with Gasteiger partial charge in [-0.1, -0.05) is 42.8 Å². The van der Waals surface area contributed by atoms with Gasteiger partial charge >= 0.3 is 0 Å². The summed E-state index contributed by atoms with van der Waals surface area (Å²) in [4.78, 5) is 27.3. The Bertz CT molecular complexity index is 885. The fourth-order valence-corrected chi connectivity index (χ4v) is 3.09. The minimum atomic E-state index is -0.661. The van der Waals surface area contributed by atoms with Gasteiger partial charge in [0, 0.05) is 17.6 Å². The van der Waals surface area contributed by atoms with Crippen LogP contribution in [0.2, 0.25) is 5.02 Å². The predicted molar refractivity (Wildman–Crippen MR) is 121 cm³/mol. The van der Waals surface area contributed by atoms with E-state index in [-0.39, 0.29) is 31.0 Å². The van der Waals surface area contributed by atoms with Crippen molar-refractivity contribution in [1.29, 1.82) is 0 Å². The molecule has 162 valence electrons. The summed E-state index contributed by atoms with van der Waals surface area (Å²) in [5.41, 5.74) is 3.03. The first kappa shape index (κ1) is 23.7. The Labute approximate surface area is 184 Å². The van der Waals surface area contributed by atoms with E-state index in [9.17, 15) is 9.59 Å². The van der Waals surface area contributed by atoms with Crippen molar-refractivity contribution < 1.29 is 14.3 Å². The highest BCUT2D eigenvalue weighted by Crippen LogP contribution is 2.20. The van der Waals surface area contributed by atoms with Gasteiger partial charge < -0.3 is 15.0 Å². The Kier molecular flexibility index (Phi) is 8.72. The van der Waals surface area contributed by atoms with Crippen molar-refractivity contribution >= 4 is 23.4 Å². The average Bonchev–Trinajstić information content (AvgIpc) is 2.73. The molecule has 0 bridgehead atoms. The van der Waals surface area contributed by atoms with Crippen LogP contribution in [0, 0.1) is 13.8 Å². The van der Waals surface area contributed by atoms with Crippen LogP contribution >= 0.6 is 11.6 Å². The molecule has 0 aliphatic rings. The molecule has 2 atom stereocenters. The van der Waals surface area contributed by atoms with Gasteiger partial charge in [0.2, 0.25) is 5.91 Å². The first-order valence-corrected chi connectivity index (χ1v) is 10.6. The first-order valence-electron chi connectivity index (χ1n) is 10.3. The van der Waals surface area contributed by atoms with E-state index in [4.69, 9.17) is 16.3 Å². The van der Waals surface area contributed by atoms with E-state index < -0.39 is 6.04 Å². The van der Waals surface area contributed by atoms with Gasteiger partial charge in [-0.25, -0.2) is 0 Å². The quantitative estimate of drug-likeness (QED) is 0.629. The highest BCUT2D eigenvalue weighted by Gasteiger charge is 2.27. The summed E-state index contributed by atoms with van der Waals surface area (Å²) < 4.78 is 5.73. The summed E-state index contributed by atoms with van der Waals surface area (Å²) in [5, 5.41) is 3.50. The molecule has 2 aromatic rings. The van der Waals surface area contributed by atoms with Crippen LogP contribution < -0.4 is 10.1 Å². The Morgan fingerprint density at radius 2 is 1.80 bits per heavy atom. The number of benzene rings is 2. The van der Waals surface area contributed by atoms with E-state index in [1.807, 2.05) is 64.1 Å². The van der Waals surface area contributed by atoms with E-state index in [2.05, 4.69) is 5.32 Å². The fourth-order valence-electron chi connectivity index (χ4n) is 2.89. The lowest BCUT2D eigenvalue weighted by Crippen LogP contribution is -2.50. The Morgan fingerprint density at radius 3 is 2.43 bits per heavy atom. The maximum atomic E-state index is 13.1. The smallest absolute Gasteiger partial charge is 0.261 e. The second kappa shape index (κ2) is 11.0. The number of ether oxygens (including phenoxy) is 1. The largest absolute Gasteiger partial charge is 0.484 e. The second-order valence-corrected chi connectivity index (χ2v) is 8.05. The first-order chi connectivity index (χ1) is 14.2. The zero-order chi connectivity index (χ0) is 22.3. The van der Waals surface area contributed by atoms with Crippen molar-refractivity contribution in [2.75, 3.05) is 6.61 Å². The highest BCUT2D eigenvalue weighted by atomic mass is 35.5. The number of rotatable bonds is 9. The Morgan fingerprint density at radius 1 is 1.10 bits per heavy atom. The summed E-state index contributed by atoms with van der Waals surface area (Å²) in [6, 6.07) is 12.4. The van der Waals surface area contributed by atoms with E-state index in [1.165, 1.54) is 4.90 Å². The van der Waals surface area contributed by atoms with Gasteiger partial charge in [0.25, 0.3) is 5.91 Å². The summed E-state index contributed by atoms with van der Waals surface area (Å²) in [6.45, 7) is 9.75. The van der Waals surface area contributed by atoms with Crippen LogP contribution in [-0.4, -0.2) is 35.4 Å². The molecule has 1 N–H and O–H groups in total. The molecule has 0 spiro atoms. The van der Waals surface area contributed by atoms with Gasteiger partial charge in [-0.05, 0) is 69.0 Å². The summed E-state index contributed by atoms with van der Waals surface area (Å²) in [7, 11) is 0. The molecule has 0 saturated heterocycles. The number of carbonyl (C=O) groups excluding carboxylic acids is 2. The molecule has 5 nitrogen and oxygen atoms in total. The van der Waals surface area contributed by atoms with Gasteiger partial charge in [-0.2, -0.15) is 0 Å². The number of aryl methyl sites for hydroxylation is 2. The lowest BCUT2D eigenvalue weighted by Gasteiger charge is -2.30. The van der Waals surface area contributed by atoms with Gasteiger partial charge in [0.05, 0.1) is 0 Å². The van der Waals surface area contributed by atoms with Gasteiger partial charge in [-0.15, -0.1) is 0 Å². The molecule has 6 heteroatoms. The molecule has 0 heterocycles. The topological polar surface area (TPSA) is 58.6 Å². The number of nitrogens with zero attached hydrogens (tertiary/aromatic N) is 1. The maximum absolute atomic E-state index is 13.1. The zero-order valence-electron chi connectivity index (χ0n) is 18.4. The number of hydrogen-bond donors (Lipinski definition) is 1. The van der Waals surface area contributed by atoms with Crippen molar-refractivity contribution in [3.63, 3.8) is 0 Å². The Balaban J connectivity index is 2.18. The minimum absolute atomic E-state index is 0.0315. The molecular formula is C24H31ClN2O3. The molecule has 0 saturated carbocycles. The van der Waals surface area contributed by atoms with E-state index in [0.29, 0.717) is 10.8 Å². The summed E-state index contributed by atoms with van der Waals surface area (Å²) >= 11 is 6.30. The number of nitrogens with one attached hydrogen (secondary N) is 1. The van der Waals surface area contributed by atoms with Crippen molar-refractivity contribution in [2.24, 2.45) is 0 Å². The lowest BCUT2D eigenvalue weighted by atomic mass is 10.1. The molecule has 0 radical (unpaired) electrons. The number of amides is 2. The third-order valence-electron chi connectivity index (χ3n) is 5.31. The van der Waals surface area contributed by atoms with Crippen LogP contribution in [-0.2, 0) is 16.1 Å². The lowest BCUT2D eigenvalue weighted by molar-refractivity contribution is -0.142. The molecular weight excluding hydrogens is 400 g/mol. The van der Waals surface area contributed by atoms with Crippen molar-refractivity contribution in [2.45, 2.75) is 59.7 Å². The van der Waals surface area contributed by atoms with Crippen molar-refractivity contribution in [3.05, 3.63) is 64.2 Å². The number of hydrogen-bond acceptors (Lipinski definition) is 3. The van der Waals surface area contributed by atoms with Crippen molar-refractivity contribution in [3.8, 4) is 5.75 Å². The molecule has 2 rings (SSSR count). The van der Waals surface area contributed by atoms with Crippen LogP contribution in [0.15, 0.2) is 42.5 Å². The molecule has 0 aliphatic heterocycles. The normalized spacial score (nSPS) is 12.7. The van der Waals surface area contributed by atoms with Crippen LogP contribution in [0.4, 0.5) is 0 Å². The SMILES string of the molecule is CC[C@@H](C)NC(=O)[C@H](C)N(Cc1ccccc1Cl)C(=O)COc1ccc(C)c(C)c1. The van der Waals surface area contributed by atoms with Gasteiger partial charge in [0.15, 0.2) is 6.61 Å². The third kappa shape index (κ3) is 6.49. The third-order valence-corrected chi connectivity index (χ3v) is 5.68. The summed E-state index contributed by atoms with van der Waals surface area (Å²) in [6.07, 6.45) is 0.812. The predicted octanol–water partition coefficient (Wildman–Crippen LogP) is 4.67. The molecule has 0 aromatic heterocycles. The molecule has 0 aliphatic carbocycles. The van der Waals surface area contributed by atoms with Gasteiger partial charge in [0.1, 0.15) is 11.8 Å². The minimum Gasteiger partial charge on any atom is -0.484 e. The van der Waals surface area contributed by atoms with Crippen LogP contribution in [0.25, 0.3) is 0 Å². The number of halogens is 1. The Hall–Kier alpha value is -2.53. The molecule has 0 unspecified atom stereocenters. The zero-order valence-corrected chi connectivity index (χ0v) is 19.1. The van der Waals surface area contributed by atoms with Crippen LogP contribution in [0.3, 0.4) is 0 Å². The second-order valence-electron chi connectivity index (χ2n) is 7.64. The van der Waals surface area contributed by atoms with E-state index in [0.717, 1.165) is 23.1 Å². The molecule has 30 heavy (non-hydrogen) atoms. The molecule has 2 amide bonds. The fraction of sp³-hybridized carbons (Fsp3) is 0.417. The number of carbonyl (C=O) groups is 2. The molecule has 2 aromatic carbocycles. The van der Waals surface area contributed by atoms with Crippen LogP contribution in [0.1, 0.15) is 43.9 Å². The summed E-state index contributed by atoms with van der Waals surface area (Å²) in [5.74, 6) is 0.150. The van der Waals surface area contributed by atoms with E-state index >= 15 is 0 Å². The standard InChI is InChI=1S/C24H31ClN2O3/c1-6-18(4)26-24(29)19(5)27(14-20-9-7-8-10-22(20)25)23(28)15-30-21-12-11-16(2)17(3)13-21/h7-13,18-19H,6,14-15H2,1-5H3,(H,26,29)/t18-,19+/m1/s1. The van der Waals surface area contributed by atoms with Crippen molar-refractivity contribution in [1.82, 2.24) is 10.2 Å². The molecule has 0 fully saturated rings. The monoisotopic (exact) mass is 430 g/mol.